The quantitative estimate of drug-likeness (QED) is 0.794. The first-order chi connectivity index (χ1) is 9.47. The van der Waals surface area contributed by atoms with Gasteiger partial charge in [0.1, 0.15) is 11.5 Å². The van der Waals surface area contributed by atoms with Crippen molar-refractivity contribution in [1.29, 1.82) is 0 Å². The van der Waals surface area contributed by atoms with Crippen LogP contribution in [0.15, 0.2) is 36.4 Å². The molecule has 0 saturated heterocycles. The summed E-state index contributed by atoms with van der Waals surface area (Å²) in [7, 11) is 3.30. The standard InChI is InChI=1S/C9H12O2.C9H12/c1-7-4-5-8(10-2)6-9(7)11-3;1-7-4-5-8(2)9(3)6-7/h4-6H,1-3H3;4-6H,1-3H3. The van der Waals surface area contributed by atoms with Gasteiger partial charge < -0.3 is 9.47 Å². The molecule has 0 saturated carbocycles. The molecule has 0 amide bonds. The number of hydrogen-bond acceptors (Lipinski definition) is 2. The van der Waals surface area contributed by atoms with E-state index in [0.717, 1.165) is 17.1 Å². The summed E-state index contributed by atoms with van der Waals surface area (Å²) < 4.78 is 10.1. The Hall–Kier alpha value is -1.96. The topological polar surface area (TPSA) is 18.5 Å². The van der Waals surface area contributed by atoms with Gasteiger partial charge in [-0.2, -0.15) is 0 Å². The van der Waals surface area contributed by atoms with Crippen molar-refractivity contribution in [2.45, 2.75) is 27.7 Å². The van der Waals surface area contributed by atoms with Gasteiger partial charge in [-0.1, -0.05) is 29.8 Å². The van der Waals surface area contributed by atoms with Crippen LogP contribution < -0.4 is 9.47 Å². The van der Waals surface area contributed by atoms with Crippen LogP contribution in [0.5, 0.6) is 11.5 Å². The maximum Gasteiger partial charge on any atom is 0.125 e. The predicted molar refractivity (Wildman–Crippen MR) is 84.9 cm³/mol. The lowest BCUT2D eigenvalue weighted by molar-refractivity contribution is 0.392. The van der Waals surface area contributed by atoms with Crippen molar-refractivity contribution in [2.75, 3.05) is 14.2 Å². The highest BCUT2D eigenvalue weighted by molar-refractivity contribution is 5.39. The van der Waals surface area contributed by atoms with Gasteiger partial charge in [0.15, 0.2) is 0 Å². The Morgan fingerprint density at radius 3 is 1.80 bits per heavy atom. The van der Waals surface area contributed by atoms with Crippen LogP contribution in [-0.4, -0.2) is 14.2 Å². The molecule has 2 aromatic carbocycles. The van der Waals surface area contributed by atoms with E-state index < -0.39 is 0 Å². The summed E-state index contributed by atoms with van der Waals surface area (Å²) in [4.78, 5) is 0. The summed E-state index contributed by atoms with van der Waals surface area (Å²) in [5, 5.41) is 0. The smallest absolute Gasteiger partial charge is 0.125 e. The van der Waals surface area contributed by atoms with E-state index in [-0.39, 0.29) is 0 Å². The Kier molecular flexibility index (Phi) is 6.10. The average molecular weight is 272 g/mol. The second-order valence-electron chi connectivity index (χ2n) is 4.92. The molecule has 108 valence electrons. The third-order valence-corrected chi connectivity index (χ3v) is 3.28. The van der Waals surface area contributed by atoms with Gasteiger partial charge in [-0.15, -0.1) is 0 Å². The Bertz CT molecular complexity index is 559. The van der Waals surface area contributed by atoms with Crippen LogP contribution >= 0.6 is 0 Å². The molecule has 0 aliphatic carbocycles. The van der Waals surface area contributed by atoms with Crippen molar-refractivity contribution < 1.29 is 9.47 Å². The fourth-order valence-corrected chi connectivity index (χ4v) is 1.82. The second kappa shape index (κ2) is 7.59. The van der Waals surface area contributed by atoms with Gasteiger partial charge in [-0.3, -0.25) is 0 Å². The van der Waals surface area contributed by atoms with Crippen LogP contribution in [-0.2, 0) is 0 Å². The van der Waals surface area contributed by atoms with E-state index in [9.17, 15) is 0 Å². The lowest BCUT2D eigenvalue weighted by atomic mass is 10.1. The third-order valence-electron chi connectivity index (χ3n) is 3.28. The van der Waals surface area contributed by atoms with Crippen molar-refractivity contribution >= 4 is 0 Å². The number of benzene rings is 2. The van der Waals surface area contributed by atoms with Gasteiger partial charge in [-0.25, -0.2) is 0 Å². The molecule has 0 fully saturated rings. The van der Waals surface area contributed by atoms with Crippen molar-refractivity contribution in [2.24, 2.45) is 0 Å². The third kappa shape index (κ3) is 4.61. The van der Waals surface area contributed by atoms with Gasteiger partial charge in [-0.05, 0) is 50.5 Å². The Balaban J connectivity index is 0.000000204. The molecule has 2 aromatic rings. The molecule has 2 rings (SSSR count). The zero-order chi connectivity index (χ0) is 15.1. The summed E-state index contributed by atoms with van der Waals surface area (Å²) in [5.74, 6) is 1.69. The van der Waals surface area contributed by atoms with E-state index in [1.807, 2.05) is 25.1 Å². The van der Waals surface area contributed by atoms with E-state index in [1.54, 1.807) is 14.2 Å². The SMILES string of the molecule is COc1ccc(C)c(OC)c1.Cc1ccc(C)c(C)c1. The average Bonchev–Trinajstić information content (AvgIpc) is 2.44. The van der Waals surface area contributed by atoms with E-state index in [2.05, 4.69) is 39.0 Å². The predicted octanol–water partition coefficient (Wildman–Crippen LogP) is 4.62. The van der Waals surface area contributed by atoms with Crippen LogP contribution in [0.1, 0.15) is 22.3 Å². The van der Waals surface area contributed by atoms with Crippen LogP contribution in [0.2, 0.25) is 0 Å². The van der Waals surface area contributed by atoms with Crippen molar-refractivity contribution in [1.82, 2.24) is 0 Å². The molecule has 2 nitrogen and oxygen atoms in total. The van der Waals surface area contributed by atoms with E-state index in [1.165, 1.54) is 16.7 Å². The largest absolute Gasteiger partial charge is 0.497 e. The first-order valence-electron chi connectivity index (χ1n) is 6.70. The molecule has 0 aliphatic heterocycles. The Morgan fingerprint density at radius 1 is 0.650 bits per heavy atom. The van der Waals surface area contributed by atoms with Gasteiger partial charge in [0.05, 0.1) is 14.2 Å². The molecule has 0 unspecified atom stereocenters. The highest BCUT2D eigenvalue weighted by Crippen LogP contribution is 2.22. The minimum Gasteiger partial charge on any atom is -0.497 e. The summed E-state index contributed by atoms with van der Waals surface area (Å²) in [6, 6.07) is 12.3. The molecule has 0 aromatic heterocycles. The van der Waals surface area contributed by atoms with Crippen LogP contribution in [0.3, 0.4) is 0 Å². The molecule has 0 N–H and O–H groups in total. The summed E-state index contributed by atoms with van der Waals surface area (Å²) >= 11 is 0. The van der Waals surface area contributed by atoms with Crippen molar-refractivity contribution in [3.8, 4) is 11.5 Å². The fourth-order valence-electron chi connectivity index (χ4n) is 1.82. The molecule has 20 heavy (non-hydrogen) atoms. The Morgan fingerprint density at radius 2 is 1.30 bits per heavy atom. The molecule has 0 bridgehead atoms. The summed E-state index contributed by atoms with van der Waals surface area (Å²) in [5.41, 5.74) is 5.22. The van der Waals surface area contributed by atoms with Gasteiger partial charge in [0, 0.05) is 6.07 Å². The van der Waals surface area contributed by atoms with Crippen molar-refractivity contribution in [3.05, 3.63) is 58.7 Å². The number of hydrogen-bond donors (Lipinski definition) is 0. The zero-order valence-electron chi connectivity index (χ0n) is 13.3. The molecule has 2 heteroatoms. The molecule has 0 atom stereocenters. The molecular weight excluding hydrogens is 248 g/mol. The monoisotopic (exact) mass is 272 g/mol. The molecular formula is C18H24O2. The zero-order valence-corrected chi connectivity index (χ0v) is 13.3. The summed E-state index contributed by atoms with van der Waals surface area (Å²) in [6.45, 7) is 8.39. The molecule has 0 aliphatic rings. The van der Waals surface area contributed by atoms with E-state index in [0.29, 0.717) is 0 Å². The number of aryl methyl sites for hydroxylation is 4. The van der Waals surface area contributed by atoms with Gasteiger partial charge in [0.25, 0.3) is 0 Å². The molecule has 0 heterocycles. The van der Waals surface area contributed by atoms with Gasteiger partial charge >= 0.3 is 0 Å². The fraction of sp³-hybridized carbons (Fsp3) is 0.333. The van der Waals surface area contributed by atoms with Gasteiger partial charge in [0.2, 0.25) is 0 Å². The Labute approximate surface area is 122 Å². The van der Waals surface area contributed by atoms with E-state index >= 15 is 0 Å². The lowest BCUT2D eigenvalue weighted by Gasteiger charge is -2.05. The maximum atomic E-state index is 5.11. The van der Waals surface area contributed by atoms with Crippen molar-refractivity contribution in [3.63, 3.8) is 0 Å². The molecule has 0 spiro atoms. The minimum atomic E-state index is 0.826. The lowest BCUT2D eigenvalue weighted by Crippen LogP contribution is -1.88. The minimum absolute atomic E-state index is 0.826. The number of methoxy groups -OCH3 is 2. The normalized spacial score (nSPS) is 9.50. The second-order valence-corrected chi connectivity index (χ2v) is 4.92. The number of rotatable bonds is 2. The first-order valence-corrected chi connectivity index (χ1v) is 6.70. The van der Waals surface area contributed by atoms with E-state index in [4.69, 9.17) is 9.47 Å². The summed E-state index contributed by atoms with van der Waals surface area (Å²) in [6.07, 6.45) is 0. The highest BCUT2D eigenvalue weighted by Gasteiger charge is 1.98. The van der Waals surface area contributed by atoms with Crippen LogP contribution in [0.4, 0.5) is 0 Å². The number of ether oxygens (including phenoxy) is 2. The maximum absolute atomic E-state index is 5.11. The van der Waals surface area contributed by atoms with Crippen LogP contribution in [0.25, 0.3) is 0 Å². The van der Waals surface area contributed by atoms with Crippen LogP contribution in [0, 0.1) is 27.7 Å². The molecule has 0 radical (unpaired) electrons. The highest BCUT2D eigenvalue weighted by atomic mass is 16.5. The first kappa shape index (κ1) is 16.1.